The second-order valence-corrected chi connectivity index (χ2v) is 7.17. The lowest BCUT2D eigenvalue weighted by atomic mass is 9.96. The number of nitrogens with one attached hydrogen (secondary N) is 1. The number of carbonyl (C=O) groups excluding carboxylic acids is 2. The molecule has 1 saturated heterocycles. The Morgan fingerprint density at radius 2 is 1.89 bits per heavy atom. The number of primary amides is 1. The average Bonchev–Trinajstić information content (AvgIpc) is 2.68. The molecule has 0 spiro atoms. The van der Waals surface area contributed by atoms with Crippen LogP contribution in [-0.2, 0) is 4.79 Å². The number of amides is 2. The van der Waals surface area contributed by atoms with Crippen LogP contribution in [0.2, 0.25) is 0 Å². The molecule has 1 aromatic carbocycles. The van der Waals surface area contributed by atoms with Gasteiger partial charge in [-0.2, -0.15) is 0 Å². The number of aromatic nitrogens is 2. The molecule has 2 heterocycles. The molecule has 1 unspecified atom stereocenters. The Hall–Kier alpha value is -2.96. The lowest BCUT2D eigenvalue weighted by Crippen LogP contribution is -2.44. The number of anilines is 1. The zero-order chi connectivity index (χ0) is 19.4. The van der Waals surface area contributed by atoms with Crippen LogP contribution in [0.1, 0.15) is 37.0 Å². The van der Waals surface area contributed by atoms with Gasteiger partial charge in [0.2, 0.25) is 5.91 Å². The van der Waals surface area contributed by atoms with Crippen LogP contribution in [0, 0.1) is 5.92 Å². The van der Waals surface area contributed by atoms with Crippen molar-refractivity contribution in [3.8, 4) is 11.3 Å². The molecule has 7 nitrogen and oxygen atoms in total. The summed E-state index contributed by atoms with van der Waals surface area (Å²) in [5.74, 6) is 0.0664. The Kier molecular flexibility index (Phi) is 5.69. The van der Waals surface area contributed by atoms with Gasteiger partial charge in [-0.3, -0.25) is 9.59 Å². The topological polar surface area (TPSA) is 101 Å². The van der Waals surface area contributed by atoms with Crippen LogP contribution in [0.25, 0.3) is 11.3 Å². The maximum Gasteiger partial charge on any atom is 0.253 e. The molecule has 2 amide bonds. The van der Waals surface area contributed by atoms with Crippen molar-refractivity contribution in [2.45, 2.75) is 32.7 Å². The highest BCUT2D eigenvalue weighted by Crippen LogP contribution is 2.21. The molecule has 1 aliphatic rings. The minimum absolute atomic E-state index is 0.0740. The van der Waals surface area contributed by atoms with Crippen molar-refractivity contribution in [2.75, 3.05) is 18.4 Å². The van der Waals surface area contributed by atoms with Crippen molar-refractivity contribution in [2.24, 2.45) is 11.7 Å². The summed E-state index contributed by atoms with van der Waals surface area (Å²) in [6, 6.07) is 11.4. The van der Waals surface area contributed by atoms with Crippen LogP contribution in [0.15, 0.2) is 36.4 Å². The van der Waals surface area contributed by atoms with E-state index in [1.165, 1.54) is 0 Å². The summed E-state index contributed by atoms with van der Waals surface area (Å²) < 4.78 is 0. The summed E-state index contributed by atoms with van der Waals surface area (Å²) in [6.45, 7) is 5.13. The Labute approximate surface area is 159 Å². The first-order valence-corrected chi connectivity index (χ1v) is 9.23. The van der Waals surface area contributed by atoms with Crippen LogP contribution in [0.4, 0.5) is 5.82 Å². The fraction of sp³-hybridized carbons (Fsp3) is 0.400. The Balaban J connectivity index is 1.69. The van der Waals surface area contributed by atoms with Crippen molar-refractivity contribution in [1.29, 1.82) is 0 Å². The van der Waals surface area contributed by atoms with Crippen LogP contribution >= 0.6 is 0 Å². The second kappa shape index (κ2) is 8.16. The normalized spacial score (nSPS) is 17.0. The number of rotatable bonds is 5. The Bertz CT molecular complexity index is 802. The number of nitrogens with two attached hydrogens (primary N) is 1. The monoisotopic (exact) mass is 367 g/mol. The molecule has 1 aromatic heterocycles. The van der Waals surface area contributed by atoms with Gasteiger partial charge in [0.25, 0.3) is 5.91 Å². The van der Waals surface area contributed by atoms with E-state index in [1.54, 1.807) is 17.0 Å². The summed E-state index contributed by atoms with van der Waals surface area (Å²) in [6.07, 6.45) is 1.54. The van der Waals surface area contributed by atoms with Crippen LogP contribution in [-0.4, -0.2) is 46.0 Å². The highest BCUT2D eigenvalue weighted by molar-refractivity contribution is 5.95. The standard InChI is InChI=1S/C20H25N5O2/c1-13(2)22-18-10-9-17(23-24-18)14-5-7-15(8-6-14)20(27)25-11-3-4-16(12-25)19(21)26/h5-10,13,16H,3-4,11-12H2,1-2H3,(H2,21,26)(H,22,24). The van der Waals surface area contributed by atoms with Gasteiger partial charge in [-0.05, 0) is 51.0 Å². The molecule has 3 N–H and O–H groups in total. The summed E-state index contributed by atoms with van der Waals surface area (Å²) in [5.41, 5.74) is 7.63. The Morgan fingerprint density at radius 3 is 2.48 bits per heavy atom. The Morgan fingerprint density at radius 1 is 1.15 bits per heavy atom. The van der Waals surface area contributed by atoms with Crippen molar-refractivity contribution in [1.82, 2.24) is 15.1 Å². The number of hydrogen-bond donors (Lipinski definition) is 2. The molecule has 0 bridgehead atoms. The van der Waals surface area contributed by atoms with Gasteiger partial charge in [0.05, 0.1) is 11.6 Å². The smallest absolute Gasteiger partial charge is 0.253 e. The van der Waals surface area contributed by atoms with E-state index in [4.69, 9.17) is 5.73 Å². The fourth-order valence-electron chi connectivity index (χ4n) is 3.22. The number of carbonyl (C=O) groups is 2. The molecule has 1 aliphatic heterocycles. The van der Waals surface area contributed by atoms with E-state index in [-0.39, 0.29) is 17.7 Å². The molecule has 3 rings (SSSR count). The quantitative estimate of drug-likeness (QED) is 0.844. The first kappa shape index (κ1) is 18.8. The van der Waals surface area contributed by atoms with E-state index >= 15 is 0 Å². The zero-order valence-electron chi connectivity index (χ0n) is 15.7. The lowest BCUT2D eigenvalue weighted by molar-refractivity contribution is -0.123. The van der Waals surface area contributed by atoms with E-state index in [1.807, 2.05) is 38.1 Å². The molecule has 1 atom stereocenters. The molecule has 0 aliphatic carbocycles. The highest BCUT2D eigenvalue weighted by Gasteiger charge is 2.27. The minimum Gasteiger partial charge on any atom is -0.369 e. The molecule has 2 aromatic rings. The van der Waals surface area contributed by atoms with E-state index < -0.39 is 0 Å². The molecule has 0 saturated carbocycles. The SMILES string of the molecule is CC(C)Nc1ccc(-c2ccc(C(=O)N3CCCC(C(N)=O)C3)cc2)nn1. The molecule has 27 heavy (non-hydrogen) atoms. The van der Waals surface area contributed by atoms with Crippen molar-refractivity contribution < 1.29 is 9.59 Å². The van der Waals surface area contributed by atoms with E-state index in [0.29, 0.717) is 24.7 Å². The molecule has 1 fully saturated rings. The maximum absolute atomic E-state index is 12.7. The highest BCUT2D eigenvalue weighted by atomic mass is 16.2. The van der Waals surface area contributed by atoms with Crippen LogP contribution in [0.5, 0.6) is 0 Å². The molecule has 0 radical (unpaired) electrons. The zero-order valence-corrected chi connectivity index (χ0v) is 15.7. The first-order chi connectivity index (χ1) is 12.9. The third kappa shape index (κ3) is 4.61. The van der Waals surface area contributed by atoms with Gasteiger partial charge < -0.3 is 16.0 Å². The van der Waals surface area contributed by atoms with Crippen LogP contribution < -0.4 is 11.1 Å². The number of piperidine rings is 1. The third-order valence-corrected chi connectivity index (χ3v) is 4.64. The number of benzene rings is 1. The molecule has 142 valence electrons. The van der Waals surface area contributed by atoms with Crippen molar-refractivity contribution in [3.05, 3.63) is 42.0 Å². The number of likely N-dealkylation sites (tertiary alicyclic amines) is 1. The van der Waals surface area contributed by atoms with Gasteiger partial charge in [0.15, 0.2) is 0 Å². The maximum atomic E-state index is 12.7. The van der Waals surface area contributed by atoms with Crippen LogP contribution in [0.3, 0.4) is 0 Å². The van der Waals surface area contributed by atoms with Gasteiger partial charge >= 0.3 is 0 Å². The number of nitrogens with zero attached hydrogens (tertiary/aromatic N) is 3. The summed E-state index contributed by atoms with van der Waals surface area (Å²) in [7, 11) is 0. The van der Waals surface area contributed by atoms with Gasteiger partial charge in [-0.15, -0.1) is 10.2 Å². The van der Waals surface area contributed by atoms with E-state index in [2.05, 4.69) is 15.5 Å². The molecule has 7 heteroatoms. The first-order valence-electron chi connectivity index (χ1n) is 9.23. The largest absolute Gasteiger partial charge is 0.369 e. The van der Waals surface area contributed by atoms with Crippen molar-refractivity contribution >= 4 is 17.6 Å². The number of hydrogen-bond acceptors (Lipinski definition) is 5. The second-order valence-electron chi connectivity index (χ2n) is 7.17. The molecular formula is C20H25N5O2. The predicted molar refractivity (Wildman–Crippen MR) is 104 cm³/mol. The minimum atomic E-state index is -0.336. The predicted octanol–water partition coefficient (Wildman–Crippen LogP) is 2.30. The lowest BCUT2D eigenvalue weighted by Gasteiger charge is -2.31. The third-order valence-electron chi connectivity index (χ3n) is 4.64. The fourth-order valence-corrected chi connectivity index (χ4v) is 3.22. The van der Waals surface area contributed by atoms with E-state index in [0.717, 1.165) is 29.9 Å². The van der Waals surface area contributed by atoms with Crippen molar-refractivity contribution in [3.63, 3.8) is 0 Å². The summed E-state index contributed by atoms with van der Waals surface area (Å²) in [5, 5.41) is 11.6. The average molecular weight is 367 g/mol. The summed E-state index contributed by atoms with van der Waals surface area (Å²) in [4.78, 5) is 25.8. The van der Waals surface area contributed by atoms with E-state index in [9.17, 15) is 9.59 Å². The van der Waals surface area contributed by atoms with Gasteiger partial charge in [-0.1, -0.05) is 12.1 Å². The van der Waals surface area contributed by atoms with Gasteiger partial charge in [-0.25, -0.2) is 0 Å². The van der Waals surface area contributed by atoms with Gasteiger partial charge in [0.1, 0.15) is 5.82 Å². The molecular weight excluding hydrogens is 342 g/mol. The summed E-state index contributed by atoms with van der Waals surface area (Å²) >= 11 is 0. The van der Waals surface area contributed by atoms with Gasteiger partial charge in [0, 0.05) is 30.3 Å².